The number of quaternary nitrogens is 1. The molecule has 0 atom stereocenters. The Morgan fingerprint density at radius 1 is 1.07 bits per heavy atom. The van der Waals surface area contributed by atoms with Gasteiger partial charge in [-0.15, -0.1) is 0 Å². The molecule has 0 heterocycles. The zero-order valence-corrected chi connectivity index (χ0v) is 11.2. The molecule has 0 unspecified atom stereocenters. The molecule has 14 heavy (non-hydrogen) atoms. The first kappa shape index (κ1) is 12.0. The van der Waals surface area contributed by atoms with Gasteiger partial charge >= 0.3 is 0 Å². The van der Waals surface area contributed by atoms with E-state index in [1.165, 1.54) is 29.5 Å². The molecule has 1 rings (SSSR count). The minimum atomic E-state index is 1.12. The van der Waals surface area contributed by atoms with E-state index in [4.69, 9.17) is 0 Å². The summed E-state index contributed by atoms with van der Waals surface area (Å²) in [7, 11) is 4.61. The fraction of sp³-hybridized carbons (Fsp3) is 0.500. The molecule has 0 N–H and O–H groups in total. The molecule has 0 bridgehead atoms. The third-order valence-electron chi connectivity index (χ3n) is 2.54. The summed E-state index contributed by atoms with van der Waals surface area (Å²) >= 11 is 2.45. The van der Waals surface area contributed by atoms with Gasteiger partial charge in [0.25, 0.3) is 0 Å². The second kappa shape index (κ2) is 5.71. The monoisotopic (exact) mass is 304 g/mol. The van der Waals surface area contributed by atoms with Crippen molar-refractivity contribution >= 4 is 22.6 Å². The van der Waals surface area contributed by atoms with Gasteiger partial charge in [-0.25, -0.2) is 0 Å². The molecule has 1 aromatic rings. The molecule has 0 spiro atoms. The molecule has 1 nitrogen and oxygen atoms in total. The van der Waals surface area contributed by atoms with Crippen molar-refractivity contribution in [3.63, 3.8) is 0 Å². The highest BCUT2D eigenvalue weighted by molar-refractivity contribution is 14.1. The number of rotatable bonds is 5. The SMILES string of the molecule is C[N+](C)(CCI)CCc1ccccc1. The van der Waals surface area contributed by atoms with Crippen LogP contribution in [-0.2, 0) is 6.42 Å². The van der Waals surface area contributed by atoms with Gasteiger partial charge in [-0.05, 0) is 5.56 Å². The molecule has 0 aliphatic carbocycles. The molecule has 0 saturated carbocycles. The highest BCUT2D eigenvalue weighted by Crippen LogP contribution is 2.05. The van der Waals surface area contributed by atoms with Gasteiger partial charge in [0.05, 0.1) is 27.2 Å². The summed E-state index contributed by atoms with van der Waals surface area (Å²) < 4.78 is 2.36. The highest BCUT2D eigenvalue weighted by atomic mass is 127. The number of hydrogen-bond acceptors (Lipinski definition) is 0. The van der Waals surface area contributed by atoms with E-state index in [1.54, 1.807) is 0 Å². The fourth-order valence-electron chi connectivity index (χ4n) is 1.42. The zero-order valence-electron chi connectivity index (χ0n) is 9.04. The van der Waals surface area contributed by atoms with E-state index < -0.39 is 0 Å². The predicted octanol–water partition coefficient (Wildman–Crippen LogP) is 2.74. The predicted molar refractivity (Wildman–Crippen MR) is 70.9 cm³/mol. The lowest BCUT2D eigenvalue weighted by atomic mass is 10.1. The van der Waals surface area contributed by atoms with Gasteiger partial charge in [0.1, 0.15) is 0 Å². The van der Waals surface area contributed by atoms with Crippen molar-refractivity contribution in [3.8, 4) is 0 Å². The summed E-state index contributed by atoms with van der Waals surface area (Å²) in [5.74, 6) is 0. The van der Waals surface area contributed by atoms with Crippen LogP contribution in [0.3, 0.4) is 0 Å². The average Bonchev–Trinajstić information content (AvgIpc) is 2.17. The standard InChI is InChI=1S/C12H19IN/c1-14(2,11-9-13)10-8-12-6-4-3-5-7-12/h3-7H,8-11H2,1-2H3/q+1. The van der Waals surface area contributed by atoms with Crippen molar-refractivity contribution in [2.75, 3.05) is 31.6 Å². The van der Waals surface area contributed by atoms with Crippen LogP contribution in [0.15, 0.2) is 30.3 Å². The van der Waals surface area contributed by atoms with E-state index in [1.807, 2.05) is 0 Å². The Kier molecular flexibility index (Phi) is 4.89. The van der Waals surface area contributed by atoms with Gasteiger partial charge in [-0.1, -0.05) is 52.9 Å². The van der Waals surface area contributed by atoms with E-state index in [9.17, 15) is 0 Å². The summed E-state index contributed by atoms with van der Waals surface area (Å²) in [6.45, 7) is 2.49. The van der Waals surface area contributed by atoms with Crippen molar-refractivity contribution in [2.24, 2.45) is 0 Å². The van der Waals surface area contributed by atoms with Gasteiger partial charge in [-0.3, -0.25) is 0 Å². The zero-order chi connectivity index (χ0) is 10.4. The normalized spacial score (nSPS) is 11.6. The molecule has 1 aromatic carbocycles. The molecule has 0 fully saturated rings. The summed E-state index contributed by atoms with van der Waals surface area (Å²) in [6.07, 6.45) is 1.18. The molecule has 0 aliphatic heterocycles. The summed E-state index contributed by atoms with van der Waals surface area (Å²) in [5.41, 5.74) is 1.45. The Bertz CT molecular complexity index is 256. The van der Waals surface area contributed by atoms with Crippen LogP contribution in [0.4, 0.5) is 0 Å². The third kappa shape index (κ3) is 4.42. The molecule has 0 aliphatic rings. The number of nitrogens with zero attached hydrogens (tertiary/aromatic N) is 1. The Labute approximate surface area is 101 Å². The average molecular weight is 304 g/mol. The molecule has 0 amide bonds. The Hall–Kier alpha value is -0.0900. The largest absolute Gasteiger partial charge is 0.328 e. The van der Waals surface area contributed by atoms with Crippen LogP contribution in [0.1, 0.15) is 5.56 Å². The maximum atomic E-state index is 2.45. The number of alkyl halides is 1. The number of benzene rings is 1. The van der Waals surface area contributed by atoms with E-state index in [0.717, 1.165) is 4.48 Å². The minimum Gasteiger partial charge on any atom is -0.328 e. The van der Waals surface area contributed by atoms with E-state index in [0.29, 0.717) is 0 Å². The van der Waals surface area contributed by atoms with Crippen LogP contribution in [0.25, 0.3) is 0 Å². The second-order valence-corrected chi connectivity index (χ2v) is 5.39. The molecule has 0 aromatic heterocycles. The van der Waals surface area contributed by atoms with E-state index in [2.05, 4.69) is 67.0 Å². The lowest BCUT2D eigenvalue weighted by Gasteiger charge is -2.29. The number of likely N-dealkylation sites (N-methyl/N-ethyl adjacent to an activating group) is 1. The van der Waals surface area contributed by atoms with E-state index >= 15 is 0 Å². The maximum Gasteiger partial charge on any atom is 0.0873 e. The first-order valence-electron chi connectivity index (χ1n) is 5.06. The van der Waals surface area contributed by atoms with Crippen LogP contribution in [0.5, 0.6) is 0 Å². The third-order valence-corrected chi connectivity index (χ3v) is 3.02. The van der Waals surface area contributed by atoms with Gasteiger partial charge in [-0.2, -0.15) is 0 Å². The van der Waals surface area contributed by atoms with Crippen molar-refractivity contribution in [2.45, 2.75) is 6.42 Å². The van der Waals surface area contributed by atoms with Crippen LogP contribution in [-0.4, -0.2) is 36.1 Å². The van der Waals surface area contributed by atoms with Crippen LogP contribution < -0.4 is 0 Å². The van der Waals surface area contributed by atoms with Crippen molar-refractivity contribution in [1.82, 2.24) is 0 Å². The highest BCUT2D eigenvalue weighted by Gasteiger charge is 2.12. The van der Waals surface area contributed by atoms with Gasteiger partial charge in [0.2, 0.25) is 0 Å². The van der Waals surface area contributed by atoms with E-state index in [-0.39, 0.29) is 0 Å². The van der Waals surface area contributed by atoms with Gasteiger partial charge < -0.3 is 4.48 Å². The molecular formula is C12H19IN+. The lowest BCUT2D eigenvalue weighted by molar-refractivity contribution is -0.887. The quantitative estimate of drug-likeness (QED) is 0.446. The van der Waals surface area contributed by atoms with Crippen LogP contribution >= 0.6 is 22.6 Å². The molecule has 0 radical (unpaired) electrons. The minimum absolute atomic E-state index is 1.12. The first-order valence-corrected chi connectivity index (χ1v) is 6.58. The molecule has 0 saturated heterocycles. The lowest BCUT2D eigenvalue weighted by Crippen LogP contribution is -2.42. The number of hydrogen-bond donors (Lipinski definition) is 0. The van der Waals surface area contributed by atoms with Crippen molar-refractivity contribution in [1.29, 1.82) is 0 Å². The number of halogens is 1. The molecular weight excluding hydrogens is 285 g/mol. The molecule has 2 heteroatoms. The smallest absolute Gasteiger partial charge is 0.0873 e. The van der Waals surface area contributed by atoms with Crippen molar-refractivity contribution in [3.05, 3.63) is 35.9 Å². The van der Waals surface area contributed by atoms with Crippen LogP contribution in [0.2, 0.25) is 0 Å². The summed E-state index contributed by atoms with van der Waals surface area (Å²) in [4.78, 5) is 0. The first-order chi connectivity index (χ1) is 6.64. The maximum absolute atomic E-state index is 2.45. The topological polar surface area (TPSA) is 0 Å². The Balaban J connectivity index is 2.40. The van der Waals surface area contributed by atoms with Gasteiger partial charge in [0.15, 0.2) is 0 Å². The van der Waals surface area contributed by atoms with Crippen LogP contribution in [0, 0.1) is 0 Å². The second-order valence-electron chi connectivity index (χ2n) is 4.31. The summed E-state index contributed by atoms with van der Waals surface area (Å²) in [6, 6.07) is 10.7. The Morgan fingerprint density at radius 3 is 2.29 bits per heavy atom. The van der Waals surface area contributed by atoms with Crippen molar-refractivity contribution < 1.29 is 4.48 Å². The van der Waals surface area contributed by atoms with Gasteiger partial charge in [0, 0.05) is 10.8 Å². The Morgan fingerprint density at radius 2 is 1.71 bits per heavy atom. The summed E-state index contributed by atoms with van der Waals surface area (Å²) in [5, 5.41) is 0. The fourth-order valence-corrected chi connectivity index (χ4v) is 2.72. The molecule has 78 valence electrons.